The molecule has 0 bridgehead atoms. The molecular formula is C15H11BrFNO3. The van der Waals surface area contributed by atoms with Crippen molar-refractivity contribution in [3.63, 3.8) is 0 Å². The van der Waals surface area contributed by atoms with Crippen LogP contribution in [0.15, 0.2) is 46.0 Å². The van der Waals surface area contributed by atoms with E-state index in [1.165, 1.54) is 12.1 Å². The number of hydrogen-bond acceptors (Lipinski definition) is 4. The summed E-state index contributed by atoms with van der Waals surface area (Å²) in [6.45, 7) is 0.488. The van der Waals surface area contributed by atoms with Crippen molar-refractivity contribution >= 4 is 21.6 Å². The molecule has 0 radical (unpaired) electrons. The Morgan fingerprint density at radius 3 is 2.90 bits per heavy atom. The Bertz CT molecular complexity index is 698. The fourth-order valence-corrected chi connectivity index (χ4v) is 2.63. The Kier molecular flexibility index (Phi) is 3.79. The van der Waals surface area contributed by atoms with Gasteiger partial charge in [0.1, 0.15) is 36.2 Å². The van der Waals surface area contributed by atoms with Crippen LogP contribution in [-0.2, 0) is 6.61 Å². The molecule has 0 fully saturated rings. The molecule has 0 atom stereocenters. The van der Waals surface area contributed by atoms with Crippen LogP contribution in [0.3, 0.4) is 0 Å². The second-order valence-corrected chi connectivity index (χ2v) is 5.48. The van der Waals surface area contributed by atoms with Gasteiger partial charge in [0.15, 0.2) is 0 Å². The predicted molar refractivity (Wildman–Crippen MR) is 78.7 cm³/mol. The van der Waals surface area contributed by atoms with Crippen LogP contribution in [0.2, 0.25) is 0 Å². The summed E-state index contributed by atoms with van der Waals surface area (Å²) in [6.07, 6.45) is 0. The molecule has 3 rings (SSSR count). The lowest BCUT2D eigenvalue weighted by atomic mass is 10.1. The fraction of sp³-hybridized carbons (Fsp3) is 0.133. The molecule has 21 heavy (non-hydrogen) atoms. The van der Waals surface area contributed by atoms with Crippen molar-refractivity contribution in [2.45, 2.75) is 6.61 Å². The molecule has 1 aliphatic heterocycles. The van der Waals surface area contributed by atoms with Crippen molar-refractivity contribution in [3.8, 4) is 11.5 Å². The van der Waals surface area contributed by atoms with Gasteiger partial charge in [0, 0.05) is 16.1 Å². The topological polar surface area (TPSA) is 51.1 Å². The van der Waals surface area contributed by atoms with Crippen molar-refractivity contribution in [1.82, 2.24) is 0 Å². The summed E-state index contributed by atoms with van der Waals surface area (Å²) in [7, 11) is 0. The van der Waals surface area contributed by atoms with Gasteiger partial charge in [0.2, 0.25) is 0 Å². The highest BCUT2D eigenvalue weighted by atomic mass is 79.9. The largest absolute Gasteiger partial charge is 0.489 e. The van der Waals surface area contributed by atoms with E-state index in [1.54, 1.807) is 24.3 Å². The lowest BCUT2D eigenvalue weighted by molar-refractivity contribution is 0.302. The number of benzene rings is 2. The highest BCUT2D eigenvalue weighted by molar-refractivity contribution is 9.10. The zero-order valence-electron chi connectivity index (χ0n) is 10.8. The zero-order chi connectivity index (χ0) is 14.8. The van der Waals surface area contributed by atoms with Crippen LogP contribution in [0.5, 0.6) is 11.5 Å². The van der Waals surface area contributed by atoms with Crippen LogP contribution in [0.1, 0.15) is 11.1 Å². The molecule has 0 amide bonds. The zero-order valence-corrected chi connectivity index (χ0v) is 12.4. The molecule has 6 heteroatoms. The summed E-state index contributed by atoms with van der Waals surface area (Å²) in [5.74, 6) is 0.901. The third kappa shape index (κ3) is 3.00. The second-order valence-electron chi connectivity index (χ2n) is 4.56. The molecule has 0 aliphatic carbocycles. The van der Waals surface area contributed by atoms with Crippen LogP contribution >= 0.6 is 15.9 Å². The van der Waals surface area contributed by atoms with Crippen LogP contribution in [0, 0.1) is 5.82 Å². The van der Waals surface area contributed by atoms with E-state index in [0.29, 0.717) is 21.7 Å². The maximum absolute atomic E-state index is 13.3. The van der Waals surface area contributed by atoms with Crippen molar-refractivity contribution in [2.75, 3.05) is 6.61 Å². The Labute approximate surface area is 128 Å². The highest BCUT2D eigenvalue weighted by Gasteiger charge is 2.20. The van der Waals surface area contributed by atoms with E-state index in [2.05, 4.69) is 21.1 Å². The van der Waals surface area contributed by atoms with Gasteiger partial charge in [0.25, 0.3) is 0 Å². The standard InChI is InChI=1S/C15H11BrFNO3/c16-10-3-9(4-11(17)5-10)7-20-12-1-2-13-14(18-19)8-21-15(13)6-12/h1-6,19H,7-8H2. The summed E-state index contributed by atoms with van der Waals surface area (Å²) in [6, 6.07) is 9.86. The second kappa shape index (κ2) is 5.73. The van der Waals surface area contributed by atoms with E-state index in [9.17, 15) is 4.39 Å². The van der Waals surface area contributed by atoms with E-state index in [0.717, 1.165) is 11.1 Å². The van der Waals surface area contributed by atoms with Gasteiger partial charge < -0.3 is 14.7 Å². The maximum atomic E-state index is 13.3. The molecule has 108 valence electrons. The summed E-state index contributed by atoms with van der Waals surface area (Å²) < 4.78 is 25.0. The van der Waals surface area contributed by atoms with Crippen molar-refractivity contribution in [2.24, 2.45) is 5.16 Å². The molecule has 0 unspecified atom stereocenters. The molecule has 2 aromatic rings. The molecule has 0 saturated carbocycles. The summed E-state index contributed by atoms with van der Waals surface area (Å²) >= 11 is 3.24. The van der Waals surface area contributed by atoms with Gasteiger partial charge in [-0.1, -0.05) is 21.1 Å². The average molecular weight is 352 g/mol. The first-order valence-electron chi connectivity index (χ1n) is 6.21. The van der Waals surface area contributed by atoms with E-state index in [1.807, 2.05) is 0 Å². The normalized spacial score (nSPS) is 14.9. The predicted octanol–water partition coefficient (Wildman–Crippen LogP) is 3.74. The number of hydrogen-bond donors (Lipinski definition) is 1. The van der Waals surface area contributed by atoms with Gasteiger partial charge in [-0.25, -0.2) is 4.39 Å². The van der Waals surface area contributed by atoms with Crippen molar-refractivity contribution in [3.05, 3.63) is 57.8 Å². The molecule has 1 aliphatic rings. The minimum atomic E-state index is -0.316. The Balaban J connectivity index is 1.74. The Morgan fingerprint density at radius 1 is 1.29 bits per heavy atom. The van der Waals surface area contributed by atoms with Crippen LogP contribution in [0.4, 0.5) is 4.39 Å². The number of nitrogens with zero attached hydrogens (tertiary/aromatic N) is 1. The number of halogens is 2. The van der Waals surface area contributed by atoms with Gasteiger partial charge in [-0.2, -0.15) is 0 Å². The summed E-state index contributed by atoms with van der Waals surface area (Å²) in [5, 5.41) is 12.0. The van der Waals surface area contributed by atoms with Gasteiger partial charge in [0.05, 0.1) is 0 Å². The van der Waals surface area contributed by atoms with Gasteiger partial charge >= 0.3 is 0 Å². The van der Waals surface area contributed by atoms with E-state index in [-0.39, 0.29) is 19.0 Å². The monoisotopic (exact) mass is 351 g/mol. The van der Waals surface area contributed by atoms with Crippen LogP contribution in [0.25, 0.3) is 0 Å². The first-order chi connectivity index (χ1) is 10.2. The van der Waals surface area contributed by atoms with Gasteiger partial charge in [-0.15, -0.1) is 0 Å². The molecule has 1 heterocycles. The highest BCUT2D eigenvalue weighted by Crippen LogP contribution is 2.30. The lowest BCUT2D eigenvalue weighted by Gasteiger charge is -2.08. The minimum Gasteiger partial charge on any atom is -0.489 e. The SMILES string of the molecule is ON=C1COc2cc(OCc3cc(F)cc(Br)c3)ccc21. The molecule has 4 nitrogen and oxygen atoms in total. The summed E-state index contributed by atoms with van der Waals surface area (Å²) in [5.41, 5.74) is 1.96. The van der Waals surface area contributed by atoms with Crippen LogP contribution in [-0.4, -0.2) is 17.5 Å². The Hall–Kier alpha value is -2.08. The first kappa shape index (κ1) is 13.9. The number of rotatable bonds is 3. The van der Waals surface area contributed by atoms with Crippen LogP contribution < -0.4 is 9.47 Å². The molecule has 2 aromatic carbocycles. The number of fused-ring (bicyclic) bond motifs is 1. The Morgan fingerprint density at radius 2 is 2.14 bits per heavy atom. The van der Waals surface area contributed by atoms with E-state index < -0.39 is 0 Å². The minimum absolute atomic E-state index is 0.242. The lowest BCUT2D eigenvalue weighted by Crippen LogP contribution is -2.01. The third-order valence-corrected chi connectivity index (χ3v) is 3.53. The summed E-state index contributed by atoms with van der Waals surface area (Å²) in [4.78, 5) is 0. The average Bonchev–Trinajstić information content (AvgIpc) is 2.86. The quantitative estimate of drug-likeness (QED) is 0.676. The molecule has 0 saturated heterocycles. The molecule has 0 spiro atoms. The fourth-order valence-electron chi connectivity index (χ4n) is 2.12. The number of oxime groups is 1. The van der Waals surface area contributed by atoms with Gasteiger partial charge in [-0.3, -0.25) is 0 Å². The van der Waals surface area contributed by atoms with Crippen molar-refractivity contribution in [1.29, 1.82) is 0 Å². The molecule has 0 aromatic heterocycles. The van der Waals surface area contributed by atoms with E-state index in [4.69, 9.17) is 14.7 Å². The first-order valence-corrected chi connectivity index (χ1v) is 7.01. The van der Waals surface area contributed by atoms with Gasteiger partial charge in [-0.05, 0) is 35.9 Å². The third-order valence-electron chi connectivity index (χ3n) is 3.08. The van der Waals surface area contributed by atoms with E-state index >= 15 is 0 Å². The number of ether oxygens (including phenoxy) is 2. The molecule has 1 N–H and O–H groups in total. The van der Waals surface area contributed by atoms with Crippen molar-refractivity contribution < 1.29 is 19.1 Å². The maximum Gasteiger partial charge on any atom is 0.134 e. The molecular weight excluding hydrogens is 341 g/mol. The smallest absolute Gasteiger partial charge is 0.134 e.